The van der Waals surface area contributed by atoms with Gasteiger partial charge in [0.2, 0.25) is 0 Å². The average Bonchev–Trinajstić information content (AvgIpc) is 3.07. The maximum Gasteiger partial charge on any atom is 0.418 e. The number of rotatable bonds is 6. The number of amides is 1. The van der Waals surface area contributed by atoms with Crippen LogP contribution in [0, 0.1) is 6.92 Å². The molecule has 3 rings (SSSR count). The summed E-state index contributed by atoms with van der Waals surface area (Å²) in [5.74, 6) is 0.442. The van der Waals surface area contributed by atoms with Crippen molar-refractivity contribution in [2.24, 2.45) is 0 Å². The van der Waals surface area contributed by atoms with Gasteiger partial charge in [0.15, 0.2) is 11.5 Å². The zero-order chi connectivity index (χ0) is 21.9. The summed E-state index contributed by atoms with van der Waals surface area (Å²) in [6.07, 6.45) is -4.57. The first-order chi connectivity index (χ1) is 14.2. The van der Waals surface area contributed by atoms with Crippen LogP contribution < -0.4 is 14.8 Å². The molecule has 0 aliphatic rings. The molecule has 9 heteroatoms. The topological polar surface area (TPSA) is 65.4 Å². The fourth-order valence-electron chi connectivity index (χ4n) is 2.94. The van der Waals surface area contributed by atoms with Crippen molar-refractivity contribution >= 4 is 11.7 Å². The molecule has 6 nitrogen and oxygen atoms in total. The molecule has 2 aromatic carbocycles. The van der Waals surface area contributed by atoms with Crippen molar-refractivity contribution in [2.75, 3.05) is 19.0 Å². The minimum Gasteiger partial charge on any atom is -0.493 e. The monoisotopic (exact) mass is 419 g/mol. The summed E-state index contributed by atoms with van der Waals surface area (Å²) in [5.41, 5.74) is -0.333. The molecule has 1 aromatic heterocycles. The van der Waals surface area contributed by atoms with E-state index in [0.29, 0.717) is 23.8 Å². The molecule has 0 spiro atoms. The SMILES string of the molecule is CCOc1ccc(C(=O)Nc2cc(C)nn2-c2ccccc2C(F)(F)F)cc1OC. The van der Waals surface area contributed by atoms with Crippen LogP contribution in [0.5, 0.6) is 11.5 Å². The van der Waals surface area contributed by atoms with Crippen molar-refractivity contribution in [3.8, 4) is 17.2 Å². The first-order valence-electron chi connectivity index (χ1n) is 9.10. The summed E-state index contributed by atoms with van der Waals surface area (Å²) in [5, 5.41) is 6.76. The number of hydrogen-bond donors (Lipinski definition) is 1. The fourth-order valence-corrected chi connectivity index (χ4v) is 2.94. The Morgan fingerprint density at radius 2 is 1.87 bits per heavy atom. The molecule has 158 valence electrons. The summed E-state index contributed by atoms with van der Waals surface area (Å²) >= 11 is 0. The van der Waals surface area contributed by atoms with E-state index in [1.165, 1.54) is 37.4 Å². The normalized spacial score (nSPS) is 11.3. The van der Waals surface area contributed by atoms with E-state index in [1.807, 2.05) is 6.92 Å². The van der Waals surface area contributed by atoms with Gasteiger partial charge in [0.05, 0.1) is 30.7 Å². The van der Waals surface area contributed by atoms with Gasteiger partial charge in [0, 0.05) is 11.6 Å². The molecule has 0 aliphatic carbocycles. The van der Waals surface area contributed by atoms with E-state index in [-0.39, 0.29) is 17.1 Å². The van der Waals surface area contributed by atoms with Crippen LogP contribution in [-0.2, 0) is 6.18 Å². The number of nitrogens with zero attached hydrogens (tertiary/aromatic N) is 2. The molecule has 3 aromatic rings. The summed E-state index contributed by atoms with van der Waals surface area (Å²) in [4.78, 5) is 12.8. The van der Waals surface area contributed by atoms with E-state index < -0.39 is 17.6 Å². The Bertz CT molecular complexity index is 1060. The number of nitrogens with one attached hydrogen (secondary N) is 1. The van der Waals surface area contributed by atoms with Crippen LogP contribution in [0.3, 0.4) is 0 Å². The molecule has 0 atom stereocenters. The predicted octanol–water partition coefficient (Wildman–Crippen LogP) is 4.86. The largest absolute Gasteiger partial charge is 0.493 e. The maximum absolute atomic E-state index is 13.4. The smallest absolute Gasteiger partial charge is 0.418 e. The van der Waals surface area contributed by atoms with Gasteiger partial charge in [-0.05, 0) is 44.2 Å². The molecule has 1 heterocycles. The van der Waals surface area contributed by atoms with Crippen LogP contribution in [0.4, 0.5) is 19.0 Å². The Labute approximate surface area is 171 Å². The molecule has 1 N–H and O–H groups in total. The highest BCUT2D eigenvalue weighted by Crippen LogP contribution is 2.35. The van der Waals surface area contributed by atoms with Crippen LogP contribution in [0.15, 0.2) is 48.5 Å². The standard InChI is InChI=1S/C21H20F3N3O3/c1-4-30-17-10-9-14(12-18(17)29-3)20(28)25-19-11-13(2)26-27(19)16-8-6-5-7-15(16)21(22,23)24/h5-12H,4H2,1-3H3,(H,25,28). The molecule has 0 fully saturated rings. The van der Waals surface area contributed by atoms with Gasteiger partial charge in [0.25, 0.3) is 5.91 Å². The van der Waals surface area contributed by atoms with Gasteiger partial charge in [-0.25, -0.2) is 4.68 Å². The van der Waals surface area contributed by atoms with E-state index in [1.54, 1.807) is 19.1 Å². The second kappa shape index (κ2) is 8.48. The van der Waals surface area contributed by atoms with Crippen molar-refractivity contribution in [1.29, 1.82) is 0 Å². The molecule has 0 radical (unpaired) electrons. The number of alkyl halides is 3. The highest BCUT2D eigenvalue weighted by atomic mass is 19.4. The summed E-state index contributed by atoms with van der Waals surface area (Å²) in [6.45, 7) is 3.88. The van der Waals surface area contributed by atoms with E-state index in [4.69, 9.17) is 9.47 Å². The molecule has 0 bridgehead atoms. The van der Waals surface area contributed by atoms with Crippen LogP contribution in [-0.4, -0.2) is 29.4 Å². The number of carbonyl (C=O) groups is 1. The Morgan fingerprint density at radius 1 is 1.13 bits per heavy atom. The van der Waals surface area contributed by atoms with Gasteiger partial charge in [-0.3, -0.25) is 4.79 Å². The third-order valence-electron chi connectivity index (χ3n) is 4.24. The number of carbonyl (C=O) groups excluding carboxylic acids is 1. The van der Waals surface area contributed by atoms with Crippen LogP contribution in [0.1, 0.15) is 28.5 Å². The van der Waals surface area contributed by atoms with Crippen LogP contribution in [0.25, 0.3) is 5.69 Å². The van der Waals surface area contributed by atoms with E-state index in [9.17, 15) is 18.0 Å². The van der Waals surface area contributed by atoms with Gasteiger partial charge < -0.3 is 14.8 Å². The zero-order valence-corrected chi connectivity index (χ0v) is 16.6. The number of aryl methyl sites for hydroxylation is 1. The lowest BCUT2D eigenvalue weighted by molar-refractivity contribution is -0.137. The van der Waals surface area contributed by atoms with Crippen molar-refractivity contribution in [1.82, 2.24) is 9.78 Å². The Hall–Kier alpha value is -3.49. The van der Waals surface area contributed by atoms with E-state index >= 15 is 0 Å². The minimum absolute atomic E-state index is 0.113. The number of aromatic nitrogens is 2. The molecule has 0 aliphatic heterocycles. The quantitative estimate of drug-likeness (QED) is 0.620. The zero-order valence-electron chi connectivity index (χ0n) is 16.6. The van der Waals surface area contributed by atoms with Gasteiger partial charge in [-0.15, -0.1) is 0 Å². The van der Waals surface area contributed by atoms with Crippen LogP contribution >= 0.6 is 0 Å². The number of methoxy groups -OCH3 is 1. The molecule has 0 saturated carbocycles. The molecule has 0 unspecified atom stereocenters. The lowest BCUT2D eigenvalue weighted by Crippen LogP contribution is -2.17. The molecular formula is C21H20F3N3O3. The second-order valence-electron chi connectivity index (χ2n) is 6.35. The third kappa shape index (κ3) is 4.40. The number of para-hydroxylation sites is 1. The highest BCUT2D eigenvalue weighted by Gasteiger charge is 2.34. The van der Waals surface area contributed by atoms with E-state index in [0.717, 1.165) is 10.7 Å². The second-order valence-corrected chi connectivity index (χ2v) is 6.35. The summed E-state index contributed by atoms with van der Waals surface area (Å²) in [6, 6.07) is 11.2. The number of ether oxygens (including phenoxy) is 2. The number of hydrogen-bond acceptors (Lipinski definition) is 4. The summed E-state index contributed by atoms with van der Waals surface area (Å²) in [7, 11) is 1.45. The van der Waals surface area contributed by atoms with Crippen molar-refractivity contribution < 1.29 is 27.4 Å². The lowest BCUT2D eigenvalue weighted by Gasteiger charge is -2.15. The first-order valence-corrected chi connectivity index (χ1v) is 9.10. The fraction of sp³-hybridized carbons (Fsp3) is 0.238. The predicted molar refractivity (Wildman–Crippen MR) is 105 cm³/mol. The van der Waals surface area contributed by atoms with Gasteiger partial charge in [0.1, 0.15) is 5.82 Å². The summed E-state index contributed by atoms with van der Waals surface area (Å²) < 4.78 is 52.0. The third-order valence-corrected chi connectivity index (χ3v) is 4.24. The van der Waals surface area contributed by atoms with Gasteiger partial charge >= 0.3 is 6.18 Å². The Kier molecular flexibility index (Phi) is 6.00. The van der Waals surface area contributed by atoms with Gasteiger partial charge in [-0.2, -0.15) is 18.3 Å². The number of anilines is 1. The Balaban J connectivity index is 1.96. The molecule has 1 amide bonds. The van der Waals surface area contributed by atoms with Crippen molar-refractivity contribution in [3.63, 3.8) is 0 Å². The van der Waals surface area contributed by atoms with Crippen molar-refractivity contribution in [3.05, 3.63) is 65.4 Å². The lowest BCUT2D eigenvalue weighted by atomic mass is 10.1. The minimum atomic E-state index is -4.57. The first kappa shape index (κ1) is 21.2. The molecule has 30 heavy (non-hydrogen) atoms. The average molecular weight is 419 g/mol. The highest BCUT2D eigenvalue weighted by molar-refractivity contribution is 6.04. The van der Waals surface area contributed by atoms with Crippen molar-refractivity contribution in [2.45, 2.75) is 20.0 Å². The van der Waals surface area contributed by atoms with E-state index in [2.05, 4.69) is 10.4 Å². The molecular weight excluding hydrogens is 399 g/mol. The Morgan fingerprint density at radius 3 is 2.53 bits per heavy atom. The van der Waals surface area contributed by atoms with Gasteiger partial charge in [-0.1, -0.05) is 12.1 Å². The van der Waals surface area contributed by atoms with Crippen LogP contribution in [0.2, 0.25) is 0 Å². The number of benzene rings is 2. The number of halogens is 3. The molecule has 0 saturated heterocycles. The maximum atomic E-state index is 13.4.